The molecule has 0 atom stereocenters. The first kappa shape index (κ1) is 21.4. The highest BCUT2D eigenvalue weighted by Crippen LogP contribution is 2.17. The predicted octanol–water partition coefficient (Wildman–Crippen LogP) is 5.21. The maximum absolute atomic E-state index is 12.5. The van der Waals surface area contributed by atoms with Crippen LogP contribution in [0, 0.1) is 0 Å². The summed E-state index contributed by atoms with van der Waals surface area (Å²) in [7, 11) is 0. The molecule has 0 unspecified atom stereocenters. The largest absolute Gasteiger partial charge is 0.486 e. The molecule has 0 aliphatic carbocycles. The third-order valence-electron chi connectivity index (χ3n) is 4.68. The third-order valence-corrected chi connectivity index (χ3v) is 4.93. The molecule has 4 rings (SSSR count). The fraction of sp³-hybridized carbons (Fsp3) is 0.125. The Kier molecular flexibility index (Phi) is 6.37. The minimum atomic E-state index is -0.381. The van der Waals surface area contributed by atoms with Crippen LogP contribution in [0.4, 0.5) is 5.69 Å². The number of carbonyl (C=O) groups excluding carboxylic acids is 2. The second kappa shape index (κ2) is 9.53. The van der Waals surface area contributed by atoms with E-state index >= 15 is 0 Å². The first-order valence-corrected chi connectivity index (χ1v) is 10.2. The highest BCUT2D eigenvalue weighted by molar-refractivity contribution is 6.30. The van der Waals surface area contributed by atoms with E-state index in [1.54, 1.807) is 53.5 Å². The number of anilines is 1. The molecule has 8 heteroatoms. The fourth-order valence-electron chi connectivity index (χ4n) is 3.00. The summed E-state index contributed by atoms with van der Waals surface area (Å²) in [5.74, 6) is 0.887. The van der Waals surface area contributed by atoms with Gasteiger partial charge < -0.3 is 14.5 Å². The van der Waals surface area contributed by atoms with Crippen LogP contribution in [0.15, 0.2) is 77.5 Å². The van der Waals surface area contributed by atoms with Crippen LogP contribution in [0.5, 0.6) is 5.75 Å². The van der Waals surface area contributed by atoms with Crippen molar-refractivity contribution in [3.05, 3.63) is 101 Å². The summed E-state index contributed by atoms with van der Waals surface area (Å²) in [5, 5.41) is 7.71. The number of furan rings is 1. The zero-order valence-corrected chi connectivity index (χ0v) is 18.0. The lowest BCUT2D eigenvalue weighted by Gasteiger charge is -2.05. The van der Waals surface area contributed by atoms with E-state index in [-0.39, 0.29) is 24.1 Å². The van der Waals surface area contributed by atoms with Gasteiger partial charge in [0.2, 0.25) is 0 Å². The van der Waals surface area contributed by atoms with E-state index in [4.69, 9.17) is 20.8 Å². The SMILES string of the molecule is CC(=O)c1ccc(OCc2ccc(C(=O)Nc3cnn(Cc4ccc(Cl)cc4)c3)o2)cc1. The summed E-state index contributed by atoms with van der Waals surface area (Å²) in [5.41, 5.74) is 2.22. The number of rotatable bonds is 8. The van der Waals surface area contributed by atoms with Gasteiger partial charge in [-0.05, 0) is 61.0 Å². The van der Waals surface area contributed by atoms with Gasteiger partial charge >= 0.3 is 0 Å². The Balaban J connectivity index is 1.31. The lowest BCUT2D eigenvalue weighted by atomic mass is 10.1. The van der Waals surface area contributed by atoms with Crippen molar-refractivity contribution in [1.29, 1.82) is 0 Å². The van der Waals surface area contributed by atoms with Crippen LogP contribution in [0.25, 0.3) is 0 Å². The van der Waals surface area contributed by atoms with E-state index in [1.807, 2.05) is 24.3 Å². The lowest BCUT2D eigenvalue weighted by Crippen LogP contribution is -2.10. The van der Waals surface area contributed by atoms with E-state index < -0.39 is 0 Å². The van der Waals surface area contributed by atoms with Crippen molar-refractivity contribution in [3.8, 4) is 5.75 Å². The second-order valence-corrected chi connectivity index (χ2v) is 7.58. The van der Waals surface area contributed by atoms with Crippen LogP contribution >= 0.6 is 11.6 Å². The zero-order chi connectivity index (χ0) is 22.5. The number of ether oxygens (including phenoxy) is 1. The molecule has 0 aliphatic rings. The fourth-order valence-corrected chi connectivity index (χ4v) is 3.13. The number of benzene rings is 2. The Labute approximate surface area is 189 Å². The van der Waals surface area contributed by atoms with Gasteiger partial charge in [0.1, 0.15) is 18.1 Å². The summed E-state index contributed by atoms with van der Waals surface area (Å²) in [6.45, 7) is 2.23. The molecule has 0 saturated heterocycles. The quantitative estimate of drug-likeness (QED) is 0.373. The number of nitrogens with zero attached hydrogens (tertiary/aromatic N) is 2. The summed E-state index contributed by atoms with van der Waals surface area (Å²) >= 11 is 5.91. The van der Waals surface area contributed by atoms with E-state index in [2.05, 4.69) is 10.4 Å². The van der Waals surface area contributed by atoms with Gasteiger partial charge in [0.05, 0.1) is 18.4 Å². The number of aromatic nitrogens is 2. The van der Waals surface area contributed by atoms with Crippen molar-refractivity contribution in [1.82, 2.24) is 9.78 Å². The standard InChI is InChI=1S/C24H20ClN3O4/c1-16(29)18-4-8-21(9-5-18)31-15-22-10-11-23(32-22)24(30)27-20-12-26-28(14-20)13-17-2-6-19(25)7-3-17/h2-12,14H,13,15H2,1H3,(H,27,30). The average molecular weight is 450 g/mol. The predicted molar refractivity (Wildman–Crippen MR) is 120 cm³/mol. The molecule has 162 valence electrons. The molecule has 7 nitrogen and oxygen atoms in total. The van der Waals surface area contributed by atoms with Gasteiger partial charge in [-0.1, -0.05) is 23.7 Å². The molecule has 1 amide bonds. The smallest absolute Gasteiger partial charge is 0.291 e. The third kappa shape index (κ3) is 5.44. The number of nitrogens with one attached hydrogen (secondary N) is 1. The minimum Gasteiger partial charge on any atom is -0.486 e. The Morgan fingerprint density at radius 3 is 2.53 bits per heavy atom. The number of ketones is 1. The molecule has 0 fully saturated rings. The summed E-state index contributed by atoms with van der Waals surface area (Å²) < 4.78 is 13.0. The Morgan fingerprint density at radius 2 is 1.81 bits per heavy atom. The maximum atomic E-state index is 12.5. The molecule has 0 saturated carbocycles. The molecular formula is C24H20ClN3O4. The molecule has 32 heavy (non-hydrogen) atoms. The Bertz CT molecular complexity index is 1230. The molecule has 2 heterocycles. The minimum absolute atomic E-state index is 0.00578. The first-order valence-electron chi connectivity index (χ1n) is 9.87. The van der Waals surface area contributed by atoms with Crippen molar-refractivity contribution in [2.24, 2.45) is 0 Å². The van der Waals surface area contributed by atoms with Crippen molar-refractivity contribution in [2.45, 2.75) is 20.1 Å². The van der Waals surface area contributed by atoms with Gasteiger partial charge in [-0.15, -0.1) is 0 Å². The lowest BCUT2D eigenvalue weighted by molar-refractivity contribution is 0.0990. The molecule has 0 spiro atoms. The number of Topliss-reactive ketones (excluding diaryl/α,β-unsaturated/α-hetero) is 1. The van der Waals surface area contributed by atoms with E-state index in [0.717, 1.165) is 5.56 Å². The van der Waals surface area contributed by atoms with Gasteiger partial charge in [0, 0.05) is 16.8 Å². The summed E-state index contributed by atoms with van der Waals surface area (Å²) in [6, 6.07) is 17.6. The van der Waals surface area contributed by atoms with Crippen molar-refractivity contribution in [3.63, 3.8) is 0 Å². The molecule has 2 aromatic carbocycles. The van der Waals surface area contributed by atoms with Crippen molar-refractivity contribution >= 4 is 29.0 Å². The first-order chi connectivity index (χ1) is 15.5. The van der Waals surface area contributed by atoms with E-state index in [9.17, 15) is 9.59 Å². The highest BCUT2D eigenvalue weighted by atomic mass is 35.5. The van der Waals surface area contributed by atoms with Crippen LogP contribution in [0.2, 0.25) is 5.02 Å². The Hall–Kier alpha value is -3.84. The van der Waals surface area contributed by atoms with Crippen LogP contribution < -0.4 is 10.1 Å². The van der Waals surface area contributed by atoms with E-state index in [1.165, 1.54) is 6.92 Å². The number of hydrogen-bond donors (Lipinski definition) is 1. The normalized spacial score (nSPS) is 10.7. The van der Waals surface area contributed by atoms with Crippen LogP contribution in [-0.2, 0) is 13.2 Å². The molecule has 0 radical (unpaired) electrons. The van der Waals surface area contributed by atoms with Gasteiger partial charge in [-0.25, -0.2) is 0 Å². The summed E-state index contributed by atoms with van der Waals surface area (Å²) in [6.07, 6.45) is 3.32. The topological polar surface area (TPSA) is 86.4 Å². The second-order valence-electron chi connectivity index (χ2n) is 7.14. The van der Waals surface area contributed by atoms with Crippen LogP contribution in [0.3, 0.4) is 0 Å². The Morgan fingerprint density at radius 1 is 1.06 bits per heavy atom. The molecule has 0 aliphatic heterocycles. The van der Waals surface area contributed by atoms with Gasteiger partial charge in [0.15, 0.2) is 11.5 Å². The van der Waals surface area contributed by atoms with Gasteiger partial charge in [0.25, 0.3) is 5.91 Å². The van der Waals surface area contributed by atoms with E-state index in [0.29, 0.717) is 34.3 Å². The van der Waals surface area contributed by atoms with Crippen LogP contribution in [0.1, 0.15) is 39.2 Å². The molecule has 2 aromatic heterocycles. The molecular weight excluding hydrogens is 430 g/mol. The highest BCUT2D eigenvalue weighted by Gasteiger charge is 2.13. The maximum Gasteiger partial charge on any atom is 0.291 e. The van der Waals surface area contributed by atoms with Gasteiger partial charge in [-0.3, -0.25) is 14.3 Å². The van der Waals surface area contributed by atoms with Crippen molar-refractivity contribution < 1.29 is 18.7 Å². The number of carbonyl (C=O) groups is 2. The zero-order valence-electron chi connectivity index (χ0n) is 17.2. The number of hydrogen-bond acceptors (Lipinski definition) is 5. The molecule has 0 bridgehead atoms. The molecule has 1 N–H and O–H groups in total. The number of halogens is 1. The van der Waals surface area contributed by atoms with Gasteiger partial charge in [-0.2, -0.15) is 5.10 Å². The van der Waals surface area contributed by atoms with Crippen molar-refractivity contribution in [2.75, 3.05) is 5.32 Å². The average Bonchev–Trinajstić information content (AvgIpc) is 3.44. The molecule has 4 aromatic rings. The number of amides is 1. The monoisotopic (exact) mass is 449 g/mol. The summed E-state index contributed by atoms with van der Waals surface area (Å²) in [4.78, 5) is 23.8. The van der Waals surface area contributed by atoms with Crippen LogP contribution in [-0.4, -0.2) is 21.5 Å².